The molecule has 4 heteroatoms. The fourth-order valence-electron chi connectivity index (χ4n) is 2.44. The van der Waals surface area contributed by atoms with Crippen LogP contribution in [0, 0.1) is 11.3 Å². The zero-order valence-electron chi connectivity index (χ0n) is 12.1. The van der Waals surface area contributed by atoms with Crippen molar-refractivity contribution in [2.75, 3.05) is 17.6 Å². The van der Waals surface area contributed by atoms with E-state index in [-0.39, 0.29) is 11.7 Å². The smallest absolute Gasteiger partial charge is 0.177 e. The molecule has 1 aliphatic carbocycles. The van der Waals surface area contributed by atoms with Crippen LogP contribution in [0.1, 0.15) is 56.1 Å². The number of hydrogen-bond acceptors (Lipinski definition) is 4. The van der Waals surface area contributed by atoms with E-state index in [1.807, 2.05) is 19.9 Å². The molecule has 1 aromatic rings. The Kier molecular flexibility index (Phi) is 4.19. The van der Waals surface area contributed by atoms with Crippen molar-refractivity contribution >= 4 is 27.8 Å². The highest BCUT2D eigenvalue weighted by atomic mass is 32.1. The molecule has 2 rings (SSSR count). The normalized spacial score (nSPS) is 16.6. The van der Waals surface area contributed by atoms with Gasteiger partial charge in [-0.3, -0.25) is 4.79 Å². The van der Waals surface area contributed by atoms with Gasteiger partial charge in [0.25, 0.3) is 0 Å². The Morgan fingerprint density at radius 1 is 1.53 bits per heavy atom. The molecule has 0 bridgehead atoms. The molecule has 1 aliphatic rings. The molecule has 0 atom stereocenters. The molecule has 0 amide bonds. The van der Waals surface area contributed by atoms with Crippen LogP contribution in [0.25, 0.3) is 0 Å². The van der Waals surface area contributed by atoms with Gasteiger partial charge >= 0.3 is 0 Å². The molecule has 106 valence electrons. The zero-order valence-corrected chi connectivity index (χ0v) is 12.9. The quantitative estimate of drug-likeness (QED) is 0.737. The molecule has 1 aromatic heterocycles. The van der Waals surface area contributed by atoms with Crippen molar-refractivity contribution in [1.29, 1.82) is 0 Å². The molecule has 19 heavy (non-hydrogen) atoms. The van der Waals surface area contributed by atoms with Gasteiger partial charge in [0, 0.05) is 12.5 Å². The number of nitrogens with two attached hydrogens (primary N) is 1. The zero-order chi connectivity index (χ0) is 14.0. The van der Waals surface area contributed by atoms with Gasteiger partial charge in [-0.05, 0) is 30.7 Å². The van der Waals surface area contributed by atoms with Crippen molar-refractivity contribution in [3.63, 3.8) is 0 Å². The topological polar surface area (TPSA) is 55.1 Å². The van der Waals surface area contributed by atoms with Crippen LogP contribution in [-0.4, -0.2) is 12.3 Å². The first-order valence-electron chi connectivity index (χ1n) is 7.15. The number of thiophene rings is 1. The maximum Gasteiger partial charge on any atom is 0.177 e. The summed E-state index contributed by atoms with van der Waals surface area (Å²) in [6, 6.07) is 1.91. The first-order valence-corrected chi connectivity index (χ1v) is 7.96. The monoisotopic (exact) mass is 280 g/mol. The van der Waals surface area contributed by atoms with E-state index in [9.17, 15) is 4.79 Å². The maximum atomic E-state index is 12.0. The van der Waals surface area contributed by atoms with Gasteiger partial charge in [-0.2, -0.15) is 0 Å². The first kappa shape index (κ1) is 14.4. The van der Waals surface area contributed by atoms with E-state index < -0.39 is 0 Å². The lowest BCUT2D eigenvalue weighted by molar-refractivity contribution is 0.0944. The Morgan fingerprint density at radius 2 is 2.21 bits per heavy atom. The minimum Gasteiger partial charge on any atom is -0.397 e. The number of rotatable bonds is 7. The Labute approximate surface area is 119 Å². The Hall–Kier alpha value is -1.03. The van der Waals surface area contributed by atoms with Crippen molar-refractivity contribution in [3.8, 4) is 0 Å². The van der Waals surface area contributed by atoms with Crippen molar-refractivity contribution in [2.24, 2.45) is 11.3 Å². The molecule has 3 N–H and O–H groups in total. The second-order valence-corrected chi connectivity index (χ2v) is 7.07. The number of nitrogen functional groups attached to an aromatic ring is 1. The average Bonchev–Trinajstić information content (AvgIpc) is 3.02. The molecule has 0 spiro atoms. The lowest BCUT2D eigenvalue weighted by Gasteiger charge is -2.14. The highest BCUT2D eigenvalue weighted by Gasteiger charge is 2.41. The van der Waals surface area contributed by atoms with Crippen LogP contribution in [0.5, 0.6) is 0 Å². The Bertz CT molecular complexity index is 461. The lowest BCUT2D eigenvalue weighted by Crippen LogP contribution is -2.14. The summed E-state index contributed by atoms with van der Waals surface area (Å²) in [6.45, 7) is 7.07. The first-order chi connectivity index (χ1) is 8.97. The highest BCUT2D eigenvalue weighted by Crippen LogP contribution is 2.49. The summed E-state index contributed by atoms with van der Waals surface area (Å²) < 4.78 is 0. The number of nitrogens with one attached hydrogen (secondary N) is 1. The SMILES string of the molecule is CCCC1(CNc2cc(N)c(C(=O)C(C)C)s2)CC1. The molecule has 3 nitrogen and oxygen atoms in total. The van der Waals surface area contributed by atoms with E-state index in [1.54, 1.807) is 0 Å². The van der Waals surface area contributed by atoms with Crippen LogP contribution < -0.4 is 11.1 Å². The van der Waals surface area contributed by atoms with Crippen molar-refractivity contribution in [3.05, 3.63) is 10.9 Å². The van der Waals surface area contributed by atoms with E-state index >= 15 is 0 Å². The number of carbonyl (C=O) groups excluding carboxylic acids is 1. The third-order valence-electron chi connectivity index (χ3n) is 3.88. The molecule has 0 aromatic carbocycles. The molecular weight excluding hydrogens is 256 g/mol. The minimum absolute atomic E-state index is 0.00339. The van der Waals surface area contributed by atoms with Gasteiger partial charge in [-0.15, -0.1) is 11.3 Å². The van der Waals surface area contributed by atoms with E-state index in [0.717, 1.165) is 11.5 Å². The third kappa shape index (κ3) is 3.30. The molecule has 1 heterocycles. The molecule has 0 radical (unpaired) electrons. The van der Waals surface area contributed by atoms with Gasteiger partial charge in [-0.1, -0.05) is 27.2 Å². The lowest BCUT2D eigenvalue weighted by atomic mass is 10.0. The van der Waals surface area contributed by atoms with Crippen molar-refractivity contribution < 1.29 is 4.79 Å². The van der Waals surface area contributed by atoms with Crippen LogP contribution in [-0.2, 0) is 0 Å². The number of hydrogen-bond donors (Lipinski definition) is 2. The van der Waals surface area contributed by atoms with Gasteiger partial charge in [0.2, 0.25) is 0 Å². The number of Topliss-reactive ketones (excluding diaryl/α,β-unsaturated/α-hetero) is 1. The van der Waals surface area contributed by atoms with E-state index in [0.29, 0.717) is 16.0 Å². The molecular formula is C15H24N2OS. The maximum absolute atomic E-state index is 12.0. The standard InChI is InChI=1S/C15H24N2OS/c1-4-5-15(6-7-15)9-17-12-8-11(16)14(19-12)13(18)10(2)3/h8,10,17H,4-7,9,16H2,1-3H3. The second-order valence-electron chi connectivity index (χ2n) is 6.02. The van der Waals surface area contributed by atoms with Gasteiger partial charge in [0.15, 0.2) is 5.78 Å². The number of carbonyl (C=O) groups is 1. The number of ketones is 1. The van der Waals surface area contributed by atoms with Crippen LogP contribution >= 0.6 is 11.3 Å². The molecule has 0 unspecified atom stereocenters. The summed E-state index contributed by atoms with van der Waals surface area (Å²) in [4.78, 5) is 12.7. The van der Waals surface area contributed by atoms with Crippen molar-refractivity contribution in [2.45, 2.75) is 46.5 Å². The summed E-state index contributed by atoms with van der Waals surface area (Å²) in [5.74, 6) is 0.147. The van der Waals surface area contributed by atoms with E-state index in [4.69, 9.17) is 5.73 Å². The second kappa shape index (κ2) is 5.53. The molecule has 1 saturated carbocycles. The van der Waals surface area contributed by atoms with Gasteiger partial charge in [-0.25, -0.2) is 0 Å². The minimum atomic E-state index is 0.00339. The largest absolute Gasteiger partial charge is 0.397 e. The van der Waals surface area contributed by atoms with Crippen LogP contribution in [0.15, 0.2) is 6.07 Å². The van der Waals surface area contributed by atoms with Crippen LogP contribution in [0.3, 0.4) is 0 Å². The summed E-state index contributed by atoms with van der Waals surface area (Å²) in [5.41, 5.74) is 7.07. The summed E-state index contributed by atoms with van der Waals surface area (Å²) >= 11 is 1.50. The Morgan fingerprint density at radius 3 is 2.74 bits per heavy atom. The fraction of sp³-hybridized carbons (Fsp3) is 0.667. The number of anilines is 2. The highest BCUT2D eigenvalue weighted by molar-refractivity contribution is 7.18. The summed E-state index contributed by atoms with van der Waals surface area (Å²) in [5, 5.41) is 4.50. The predicted octanol–water partition coefficient (Wildman–Crippen LogP) is 4.16. The summed E-state index contributed by atoms with van der Waals surface area (Å²) in [6.07, 6.45) is 5.18. The fourth-order valence-corrected chi connectivity index (χ4v) is 3.51. The average molecular weight is 280 g/mol. The van der Waals surface area contributed by atoms with E-state index in [2.05, 4.69) is 12.2 Å². The van der Waals surface area contributed by atoms with Gasteiger partial charge in [0.05, 0.1) is 15.6 Å². The van der Waals surface area contributed by atoms with Crippen LogP contribution in [0.2, 0.25) is 0 Å². The molecule has 0 aliphatic heterocycles. The van der Waals surface area contributed by atoms with E-state index in [1.165, 1.54) is 37.0 Å². The van der Waals surface area contributed by atoms with Crippen molar-refractivity contribution in [1.82, 2.24) is 0 Å². The molecule has 1 fully saturated rings. The Balaban J connectivity index is 1.99. The van der Waals surface area contributed by atoms with Gasteiger partial charge in [0.1, 0.15) is 0 Å². The third-order valence-corrected chi connectivity index (χ3v) is 5.01. The molecule has 0 saturated heterocycles. The predicted molar refractivity (Wildman–Crippen MR) is 83.0 cm³/mol. The summed E-state index contributed by atoms with van der Waals surface area (Å²) in [7, 11) is 0. The van der Waals surface area contributed by atoms with Crippen LogP contribution in [0.4, 0.5) is 10.7 Å². The van der Waals surface area contributed by atoms with Gasteiger partial charge < -0.3 is 11.1 Å².